The van der Waals surface area contributed by atoms with Crippen LogP contribution in [-0.2, 0) is 22.8 Å². The summed E-state index contributed by atoms with van der Waals surface area (Å²) in [6.07, 6.45) is -3.13. The van der Waals surface area contributed by atoms with E-state index >= 15 is 0 Å². The molecule has 0 aromatic carbocycles. The minimum Gasteiger partial charge on any atom is -0.444 e. The van der Waals surface area contributed by atoms with Crippen LogP contribution < -0.4 is 5.69 Å². The summed E-state index contributed by atoms with van der Waals surface area (Å²) in [5, 5.41) is 3.50. The first-order valence-electron chi connectivity index (χ1n) is 10.8. The zero-order chi connectivity index (χ0) is 23.8. The Kier molecular flexibility index (Phi) is 6.62. The number of ether oxygens (including phenoxy) is 1. The first kappa shape index (κ1) is 24.1. The Labute approximate surface area is 184 Å². The van der Waals surface area contributed by atoms with Crippen molar-refractivity contribution in [2.45, 2.75) is 64.3 Å². The molecule has 32 heavy (non-hydrogen) atoms. The number of hydrogen-bond acceptors (Lipinski definition) is 5. The van der Waals surface area contributed by atoms with E-state index < -0.39 is 35.4 Å². The highest BCUT2D eigenvalue weighted by atomic mass is 19.4. The number of rotatable bonds is 2. The summed E-state index contributed by atoms with van der Waals surface area (Å²) in [5.74, 6) is -1.66. The summed E-state index contributed by atoms with van der Waals surface area (Å²) in [4.78, 5) is 40.8. The molecule has 1 aromatic heterocycles. The Hall–Kier alpha value is -2.53. The van der Waals surface area contributed by atoms with Crippen molar-refractivity contribution in [2.24, 2.45) is 13.0 Å². The van der Waals surface area contributed by atoms with Crippen LogP contribution in [0.4, 0.5) is 18.0 Å². The topological polar surface area (TPSA) is 89.7 Å². The predicted molar refractivity (Wildman–Crippen MR) is 108 cm³/mol. The number of carbonyl (C=O) groups is 2. The molecule has 0 N–H and O–H groups in total. The van der Waals surface area contributed by atoms with E-state index in [4.69, 9.17) is 4.74 Å². The van der Waals surface area contributed by atoms with Crippen LogP contribution >= 0.6 is 0 Å². The molecule has 1 unspecified atom stereocenters. The van der Waals surface area contributed by atoms with Gasteiger partial charge in [0.05, 0.1) is 12.0 Å². The number of hydrogen-bond donors (Lipinski definition) is 0. The number of alkyl halides is 3. The van der Waals surface area contributed by atoms with E-state index in [9.17, 15) is 27.6 Å². The highest BCUT2D eigenvalue weighted by molar-refractivity contribution is 5.80. The molecule has 1 atom stereocenters. The van der Waals surface area contributed by atoms with Crippen molar-refractivity contribution in [3.8, 4) is 0 Å². The first-order valence-corrected chi connectivity index (χ1v) is 10.8. The molecule has 0 spiro atoms. The summed E-state index contributed by atoms with van der Waals surface area (Å²) in [5.41, 5.74) is -1.44. The maximum atomic E-state index is 13.0. The fraction of sp³-hybridized carbons (Fsp3) is 0.800. The van der Waals surface area contributed by atoms with Crippen molar-refractivity contribution < 1.29 is 27.5 Å². The van der Waals surface area contributed by atoms with Crippen molar-refractivity contribution in [1.29, 1.82) is 0 Å². The van der Waals surface area contributed by atoms with Gasteiger partial charge in [-0.3, -0.25) is 9.36 Å². The van der Waals surface area contributed by atoms with Gasteiger partial charge in [0.1, 0.15) is 5.60 Å². The van der Waals surface area contributed by atoms with E-state index in [2.05, 4.69) is 5.10 Å². The fourth-order valence-corrected chi connectivity index (χ4v) is 4.20. The van der Waals surface area contributed by atoms with Crippen molar-refractivity contribution in [3.63, 3.8) is 0 Å². The van der Waals surface area contributed by atoms with Crippen LogP contribution in [0.1, 0.15) is 58.3 Å². The largest absolute Gasteiger partial charge is 0.451 e. The molecule has 2 amide bonds. The van der Waals surface area contributed by atoms with Gasteiger partial charge < -0.3 is 14.5 Å². The number of amides is 2. The third-order valence-electron chi connectivity index (χ3n) is 5.80. The molecule has 2 saturated heterocycles. The van der Waals surface area contributed by atoms with E-state index in [1.807, 2.05) is 0 Å². The Bertz CT molecular complexity index is 910. The van der Waals surface area contributed by atoms with Gasteiger partial charge in [-0.15, -0.1) is 5.10 Å². The lowest BCUT2D eigenvalue weighted by Gasteiger charge is -2.38. The molecule has 0 saturated carbocycles. The van der Waals surface area contributed by atoms with Gasteiger partial charge in [0.15, 0.2) is 0 Å². The Morgan fingerprint density at radius 2 is 1.66 bits per heavy atom. The molecule has 3 heterocycles. The first-order chi connectivity index (χ1) is 14.8. The van der Waals surface area contributed by atoms with Crippen LogP contribution in [0.3, 0.4) is 0 Å². The van der Waals surface area contributed by atoms with Crippen LogP contribution in [0.2, 0.25) is 0 Å². The molecule has 1 aromatic rings. The standard InChI is InChI=1S/C20H30F3N5O4/c1-19(2,3)32-18(31)27-9-5-6-13(12-27)15(29)26-10-7-14(8-11-26)28-17(30)25(4)16(24-28)20(21,22)23/h13-14H,5-12H2,1-4H3. The molecule has 2 aliphatic rings. The third kappa shape index (κ3) is 5.26. The SMILES string of the molecule is Cn1c(C(F)(F)F)nn(C2CCN(C(=O)C3CCCN(C(=O)OC(C)(C)C)C3)CC2)c1=O. The summed E-state index contributed by atoms with van der Waals surface area (Å²) in [7, 11) is 1.05. The van der Waals surface area contributed by atoms with Crippen LogP contribution in [-0.4, -0.2) is 67.9 Å². The lowest BCUT2D eigenvalue weighted by molar-refractivity contribution is -0.147. The van der Waals surface area contributed by atoms with Crippen molar-refractivity contribution in [3.05, 3.63) is 16.3 Å². The number of aromatic nitrogens is 3. The molecule has 0 aliphatic carbocycles. The summed E-state index contributed by atoms with van der Waals surface area (Å²) in [6.45, 7) is 6.80. The van der Waals surface area contributed by atoms with Crippen LogP contribution in [0.5, 0.6) is 0 Å². The Morgan fingerprint density at radius 3 is 2.19 bits per heavy atom. The summed E-state index contributed by atoms with van der Waals surface area (Å²) in [6, 6.07) is -0.501. The van der Waals surface area contributed by atoms with Gasteiger partial charge in [0, 0.05) is 33.2 Å². The highest BCUT2D eigenvalue weighted by Gasteiger charge is 2.40. The zero-order valence-corrected chi connectivity index (χ0v) is 18.8. The zero-order valence-electron chi connectivity index (χ0n) is 18.8. The quantitative estimate of drug-likeness (QED) is 0.675. The van der Waals surface area contributed by atoms with E-state index in [-0.39, 0.29) is 18.4 Å². The maximum Gasteiger partial charge on any atom is 0.451 e. The van der Waals surface area contributed by atoms with Gasteiger partial charge in [-0.1, -0.05) is 0 Å². The molecule has 12 heteroatoms. The van der Waals surface area contributed by atoms with E-state index in [1.165, 1.54) is 0 Å². The minimum absolute atomic E-state index is 0.0824. The van der Waals surface area contributed by atoms with Crippen LogP contribution in [0.15, 0.2) is 4.79 Å². The fourth-order valence-electron chi connectivity index (χ4n) is 4.20. The van der Waals surface area contributed by atoms with Gasteiger partial charge in [-0.2, -0.15) is 13.2 Å². The molecule has 3 rings (SSSR count). The average molecular weight is 461 g/mol. The third-order valence-corrected chi connectivity index (χ3v) is 5.80. The number of nitrogens with zero attached hydrogens (tertiary/aromatic N) is 5. The maximum absolute atomic E-state index is 13.0. The average Bonchev–Trinajstić information content (AvgIpc) is 3.01. The Balaban J connectivity index is 1.60. The van der Waals surface area contributed by atoms with Crippen molar-refractivity contribution >= 4 is 12.0 Å². The lowest BCUT2D eigenvalue weighted by Crippen LogP contribution is -2.49. The van der Waals surface area contributed by atoms with E-state index in [0.717, 1.165) is 11.7 Å². The lowest BCUT2D eigenvalue weighted by atomic mass is 9.95. The van der Waals surface area contributed by atoms with Crippen LogP contribution in [0.25, 0.3) is 0 Å². The van der Waals surface area contributed by atoms with Crippen molar-refractivity contribution in [2.75, 3.05) is 26.2 Å². The molecule has 0 bridgehead atoms. The number of piperidine rings is 2. The van der Waals surface area contributed by atoms with Gasteiger partial charge in [-0.25, -0.2) is 14.3 Å². The molecule has 2 fully saturated rings. The van der Waals surface area contributed by atoms with Gasteiger partial charge in [-0.05, 0) is 46.5 Å². The number of halogens is 3. The molecular weight excluding hydrogens is 431 g/mol. The van der Waals surface area contributed by atoms with Gasteiger partial charge in [0.25, 0.3) is 0 Å². The van der Waals surface area contributed by atoms with Crippen LogP contribution in [0, 0.1) is 5.92 Å². The minimum atomic E-state index is -4.71. The predicted octanol–water partition coefficient (Wildman–Crippen LogP) is 2.41. The second-order valence-corrected chi connectivity index (χ2v) is 9.43. The number of likely N-dealkylation sites (tertiary alicyclic amines) is 2. The van der Waals surface area contributed by atoms with Gasteiger partial charge >= 0.3 is 18.0 Å². The second-order valence-electron chi connectivity index (χ2n) is 9.43. The molecule has 2 aliphatic heterocycles. The molecule has 9 nitrogen and oxygen atoms in total. The monoisotopic (exact) mass is 461 g/mol. The summed E-state index contributed by atoms with van der Waals surface area (Å²) >= 11 is 0. The number of carbonyl (C=O) groups excluding carboxylic acids is 2. The smallest absolute Gasteiger partial charge is 0.444 e. The molecule has 180 valence electrons. The van der Waals surface area contributed by atoms with E-state index in [0.29, 0.717) is 49.9 Å². The summed E-state index contributed by atoms with van der Waals surface area (Å²) < 4.78 is 45.9. The van der Waals surface area contributed by atoms with Gasteiger partial charge in [0.2, 0.25) is 11.7 Å². The normalized spacial score (nSPS) is 21.0. The van der Waals surface area contributed by atoms with Crippen molar-refractivity contribution in [1.82, 2.24) is 24.1 Å². The highest BCUT2D eigenvalue weighted by Crippen LogP contribution is 2.29. The molecular formula is C20H30F3N5O4. The van der Waals surface area contributed by atoms with E-state index in [1.54, 1.807) is 30.6 Å². The molecule has 0 radical (unpaired) electrons. The second kappa shape index (κ2) is 8.78. The Morgan fingerprint density at radius 1 is 1.03 bits per heavy atom.